The van der Waals surface area contributed by atoms with Crippen molar-refractivity contribution in [1.82, 2.24) is 14.8 Å². The van der Waals surface area contributed by atoms with Crippen molar-refractivity contribution in [3.8, 4) is 17.1 Å². The summed E-state index contributed by atoms with van der Waals surface area (Å²) in [6, 6.07) is 11.0. The van der Waals surface area contributed by atoms with Crippen LogP contribution in [0.4, 0.5) is 5.69 Å². The molecular weight excluding hydrogens is 428 g/mol. The van der Waals surface area contributed by atoms with Gasteiger partial charge in [0.05, 0.1) is 11.3 Å². The van der Waals surface area contributed by atoms with Crippen molar-refractivity contribution in [2.75, 3.05) is 11.1 Å². The fourth-order valence-electron chi connectivity index (χ4n) is 2.63. The first-order valence-electron chi connectivity index (χ1n) is 8.23. The van der Waals surface area contributed by atoms with E-state index in [4.69, 9.17) is 0 Å². The van der Waals surface area contributed by atoms with E-state index in [0.717, 1.165) is 21.3 Å². The molecule has 1 aromatic heterocycles. The predicted molar refractivity (Wildman–Crippen MR) is 111 cm³/mol. The van der Waals surface area contributed by atoms with Gasteiger partial charge >= 0.3 is 0 Å². The lowest BCUT2D eigenvalue weighted by molar-refractivity contribution is -0.113. The number of anilines is 1. The number of aromatic hydroxyl groups is 1. The van der Waals surface area contributed by atoms with Gasteiger partial charge in [0.15, 0.2) is 11.0 Å². The van der Waals surface area contributed by atoms with Crippen LogP contribution in [0.25, 0.3) is 11.4 Å². The Balaban J connectivity index is 1.69. The molecule has 0 aliphatic carbocycles. The second kappa shape index (κ2) is 8.14. The van der Waals surface area contributed by atoms with Gasteiger partial charge in [0.25, 0.3) is 0 Å². The van der Waals surface area contributed by atoms with E-state index < -0.39 is 0 Å². The number of halogens is 1. The number of phenols is 1. The molecule has 0 saturated heterocycles. The number of aromatic nitrogens is 3. The highest BCUT2D eigenvalue weighted by Gasteiger charge is 2.16. The quantitative estimate of drug-likeness (QED) is 0.571. The lowest BCUT2D eigenvalue weighted by atomic mass is 10.1. The summed E-state index contributed by atoms with van der Waals surface area (Å²) in [4.78, 5) is 12.3. The average Bonchev–Trinajstić information content (AvgIpc) is 2.98. The van der Waals surface area contributed by atoms with Crippen LogP contribution in [-0.2, 0) is 11.8 Å². The molecule has 0 atom stereocenters. The number of thioether (sulfide) groups is 1. The Hall–Kier alpha value is -2.32. The van der Waals surface area contributed by atoms with Crippen molar-refractivity contribution in [3.05, 3.63) is 52.0 Å². The summed E-state index contributed by atoms with van der Waals surface area (Å²) in [6.45, 7) is 3.98. The predicted octanol–water partition coefficient (Wildman–Crippen LogP) is 4.30. The smallest absolute Gasteiger partial charge is 0.234 e. The van der Waals surface area contributed by atoms with Crippen molar-refractivity contribution in [1.29, 1.82) is 0 Å². The Kier molecular flexibility index (Phi) is 5.86. The van der Waals surface area contributed by atoms with Crippen molar-refractivity contribution in [2.45, 2.75) is 19.0 Å². The number of carbonyl (C=O) groups is 1. The third kappa shape index (κ3) is 4.51. The van der Waals surface area contributed by atoms with Gasteiger partial charge in [-0.25, -0.2) is 0 Å². The first-order chi connectivity index (χ1) is 12.8. The van der Waals surface area contributed by atoms with Crippen molar-refractivity contribution in [2.24, 2.45) is 7.05 Å². The molecule has 0 unspecified atom stereocenters. The van der Waals surface area contributed by atoms with Crippen LogP contribution in [-0.4, -0.2) is 31.5 Å². The number of aryl methyl sites for hydroxylation is 2. The summed E-state index contributed by atoms with van der Waals surface area (Å²) in [5, 5.41) is 21.9. The largest absolute Gasteiger partial charge is 0.507 e. The number of rotatable bonds is 5. The summed E-state index contributed by atoms with van der Waals surface area (Å²) in [5.74, 6) is 0.759. The number of carbonyl (C=O) groups excluding carboxylic acids is 1. The minimum absolute atomic E-state index is 0.109. The van der Waals surface area contributed by atoms with E-state index >= 15 is 0 Å². The number of nitrogens with one attached hydrogen (secondary N) is 1. The maximum absolute atomic E-state index is 12.3. The Labute approximate surface area is 170 Å². The Morgan fingerprint density at radius 3 is 2.74 bits per heavy atom. The summed E-state index contributed by atoms with van der Waals surface area (Å²) < 4.78 is 2.59. The summed E-state index contributed by atoms with van der Waals surface area (Å²) in [7, 11) is 1.81. The SMILES string of the molecule is Cc1ccc(NC(=O)CSc2nnc(-c3cc(Br)ccc3O)n2C)c(C)c1. The van der Waals surface area contributed by atoms with Gasteiger partial charge < -0.3 is 15.0 Å². The molecule has 0 spiro atoms. The molecule has 0 aliphatic rings. The first kappa shape index (κ1) is 19.4. The number of amides is 1. The Morgan fingerprint density at radius 2 is 2.00 bits per heavy atom. The lowest BCUT2D eigenvalue weighted by Crippen LogP contribution is -2.15. The van der Waals surface area contributed by atoms with Crippen LogP contribution in [0.1, 0.15) is 11.1 Å². The van der Waals surface area contributed by atoms with Crippen LogP contribution >= 0.6 is 27.7 Å². The number of benzene rings is 2. The Morgan fingerprint density at radius 1 is 1.22 bits per heavy atom. The molecule has 27 heavy (non-hydrogen) atoms. The highest BCUT2D eigenvalue weighted by atomic mass is 79.9. The van der Waals surface area contributed by atoms with Crippen molar-refractivity contribution < 1.29 is 9.90 Å². The second-order valence-corrected chi connectivity index (χ2v) is 8.04. The topological polar surface area (TPSA) is 80.0 Å². The molecule has 0 fully saturated rings. The zero-order valence-corrected chi connectivity index (χ0v) is 17.6. The van der Waals surface area contributed by atoms with E-state index in [1.807, 2.05) is 32.0 Å². The van der Waals surface area contributed by atoms with Gasteiger partial charge in [0.2, 0.25) is 5.91 Å². The van der Waals surface area contributed by atoms with Gasteiger partial charge in [-0.2, -0.15) is 0 Å². The number of phenolic OH excluding ortho intramolecular Hbond substituents is 1. The molecule has 0 bridgehead atoms. The fourth-order valence-corrected chi connectivity index (χ4v) is 3.70. The standard InChI is InChI=1S/C19H19BrN4O2S/c1-11-4-6-15(12(2)8-11)21-17(26)10-27-19-23-22-18(24(19)3)14-9-13(20)5-7-16(14)25/h4-9,25H,10H2,1-3H3,(H,21,26). The number of hydrogen-bond acceptors (Lipinski definition) is 5. The molecule has 3 aromatic rings. The van der Waals surface area contributed by atoms with Crippen molar-refractivity contribution >= 4 is 39.3 Å². The molecule has 1 amide bonds. The van der Waals surface area contributed by atoms with Crippen LogP contribution in [0.5, 0.6) is 5.75 Å². The van der Waals surface area contributed by atoms with Gasteiger partial charge in [0.1, 0.15) is 5.75 Å². The van der Waals surface area contributed by atoms with E-state index in [-0.39, 0.29) is 17.4 Å². The van der Waals surface area contributed by atoms with Gasteiger partial charge in [0, 0.05) is 17.2 Å². The zero-order valence-electron chi connectivity index (χ0n) is 15.2. The molecule has 3 rings (SSSR count). The molecule has 8 heteroatoms. The highest BCUT2D eigenvalue weighted by Crippen LogP contribution is 2.32. The summed E-state index contributed by atoms with van der Waals surface area (Å²) in [6.07, 6.45) is 0. The highest BCUT2D eigenvalue weighted by molar-refractivity contribution is 9.10. The van der Waals surface area contributed by atoms with Gasteiger partial charge in [-0.05, 0) is 43.7 Å². The van der Waals surface area contributed by atoms with Gasteiger partial charge in [-0.15, -0.1) is 10.2 Å². The normalized spacial score (nSPS) is 10.8. The fraction of sp³-hybridized carbons (Fsp3) is 0.211. The minimum atomic E-state index is -0.109. The maximum atomic E-state index is 12.3. The number of nitrogens with zero attached hydrogens (tertiary/aromatic N) is 3. The molecule has 140 valence electrons. The third-order valence-electron chi connectivity index (χ3n) is 4.02. The second-order valence-electron chi connectivity index (χ2n) is 6.18. The van der Waals surface area contributed by atoms with Crippen LogP contribution in [0.3, 0.4) is 0 Å². The van der Waals surface area contributed by atoms with E-state index in [2.05, 4.69) is 31.4 Å². The van der Waals surface area contributed by atoms with E-state index in [1.54, 1.807) is 29.8 Å². The minimum Gasteiger partial charge on any atom is -0.507 e. The van der Waals surface area contributed by atoms with Crippen LogP contribution < -0.4 is 5.32 Å². The van der Waals surface area contributed by atoms with Gasteiger partial charge in [-0.1, -0.05) is 45.4 Å². The van der Waals surface area contributed by atoms with E-state index in [1.165, 1.54) is 11.8 Å². The van der Waals surface area contributed by atoms with Crippen LogP contribution in [0, 0.1) is 13.8 Å². The molecule has 6 nitrogen and oxygen atoms in total. The van der Waals surface area contributed by atoms with Gasteiger partial charge in [-0.3, -0.25) is 4.79 Å². The monoisotopic (exact) mass is 446 g/mol. The maximum Gasteiger partial charge on any atom is 0.234 e. The first-order valence-corrected chi connectivity index (χ1v) is 10.0. The summed E-state index contributed by atoms with van der Waals surface area (Å²) >= 11 is 4.68. The summed E-state index contributed by atoms with van der Waals surface area (Å²) in [5.41, 5.74) is 3.57. The van der Waals surface area contributed by atoms with E-state index in [9.17, 15) is 9.90 Å². The third-order valence-corrected chi connectivity index (χ3v) is 5.54. The van der Waals surface area contributed by atoms with Crippen LogP contribution in [0.2, 0.25) is 0 Å². The molecule has 2 aromatic carbocycles. The molecular formula is C19H19BrN4O2S. The van der Waals surface area contributed by atoms with E-state index in [0.29, 0.717) is 16.5 Å². The van der Waals surface area contributed by atoms with Crippen molar-refractivity contribution in [3.63, 3.8) is 0 Å². The Bertz CT molecular complexity index is 1000. The molecule has 2 N–H and O–H groups in total. The average molecular weight is 447 g/mol. The number of hydrogen-bond donors (Lipinski definition) is 2. The lowest BCUT2D eigenvalue weighted by Gasteiger charge is -2.09. The zero-order chi connectivity index (χ0) is 19.6. The molecule has 0 saturated carbocycles. The van der Waals surface area contributed by atoms with Crippen LogP contribution in [0.15, 0.2) is 46.0 Å². The molecule has 0 radical (unpaired) electrons. The molecule has 1 heterocycles. The molecule has 0 aliphatic heterocycles.